The molecule has 0 saturated carbocycles. The van der Waals surface area contributed by atoms with Crippen molar-refractivity contribution in [3.63, 3.8) is 0 Å². The highest BCUT2D eigenvalue weighted by atomic mass is 19.4. The SMILES string of the molecule is O=C1OC(=O)c2cc(C(c3ccc4c(c3)C(=O)OC4=O)(C(F)(F)F)C(F)(F)F)ccc21.O=C1OC(c2ccc(C3OC(=O)C3(c3ccccc3)c3ccccc3)cc2)C1(c1ccccc1)c1ccccc1.O=C1ON=C(c2ccccc2)/C1=C/C=C/C=C\c1c(-c2ccccc2)[nH]oc1=O. The second kappa shape index (κ2) is 26.3. The molecule has 10 aromatic rings. The fraction of sp³-hybridized carbons (Fsp3) is 0.0897. The van der Waals surface area contributed by atoms with E-state index in [2.05, 4.69) is 19.8 Å². The lowest BCUT2D eigenvalue weighted by atomic mass is 9.64. The number of esters is 6. The Hall–Kier alpha value is -12.9. The zero-order valence-electron chi connectivity index (χ0n) is 51.6. The Labute approximate surface area is 562 Å². The van der Waals surface area contributed by atoms with Crippen LogP contribution in [0.4, 0.5) is 26.3 Å². The number of halogens is 6. The molecule has 0 radical (unpaired) electrons. The number of nitrogens with one attached hydrogen (secondary N) is 1. The first kappa shape index (κ1) is 65.8. The smallest absolute Gasteiger partial charge is 0.411 e. The summed E-state index contributed by atoms with van der Waals surface area (Å²) in [5, 5.41) is 6.51. The number of carbonyl (C=O) groups is 7. The van der Waals surface area contributed by atoms with E-state index in [0.29, 0.717) is 46.8 Å². The normalized spacial score (nSPS) is 17.6. The van der Waals surface area contributed by atoms with Crippen LogP contribution in [-0.2, 0) is 54.4 Å². The van der Waals surface area contributed by atoms with E-state index in [4.69, 9.17) is 18.8 Å². The van der Waals surface area contributed by atoms with Crippen LogP contribution >= 0.6 is 0 Å². The van der Waals surface area contributed by atoms with E-state index in [0.717, 1.165) is 44.5 Å². The molecule has 0 amide bonds. The predicted molar refractivity (Wildman–Crippen MR) is 347 cm³/mol. The molecule has 2 saturated heterocycles. The lowest BCUT2D eigenvalue weighted by Crippen LogP contribution is -2.55. The molecule has 5 aliphatic heterocycles. The number of aromatic nitrogens is 1. The molecule has 100 heavy (non-hydrogen) atoms. The molecule has 6 heterocycles. The van der Waals surface area contributed by atoms with Crippen molar-refractivity contribution in [2.45, 2.75) is 40.8 Å². The van der Waals surface area contributed by atoms with Crippen molar-refractivity contribution in [2.75, 3.05) is 0 Å². The minimum atomic E-state index is -6.02. The summed E-state index contributed by atoms with van der Waals surface area (Å²) in [6.45, 7) is 0. The van der Waals surface area contributed by atoms with Gasteiger partial charge in [0.2, 0.25) is 5.41 Å². The molecule has 2 unspecified atom stereocenters. The summed E-state index contributed by atoms with van der Waals surface area (Å²) in [5.41, 5.74) is -3.56. The Morgan fingerprint density at radius 2 is 0.790 bits per heavy atom. The van der Waals surface area contributed by atoms with Gasteiger partial charge in [0, 0.05) is 11.1 Å². The Bertz CT molecular complexity index is 4770. The van der Waals surface area contributed by atoms with E-state index in [1.54, 1.807) is 30.4 Å². The number of carbonyl (C=O) groups excluding carboxylic acids is 7. The van der Waals surface area contributed by atoms with Gasteiger partial charge in [0.15, 0.2) is 23.0 Å². The van der Waals surface area contributed by atoms with Crippen molar-refractivity contribution >= 4 is 53.6 Å². The first-order valence-electron chi connectivity index (χ1n) is 30.6. The lowest BCUT2D eigenvalue weighted by molar-refractivity contribution is -0.288. The summed E-state index contributed by atoms with van der Waals surface area (Å²) in [6, 6.07) is 68.5. The van der Waals surface area contributed by atoms with Crippen LogP contribution in [0.15, 0.2) is 287 Å². The summed E-state index contributed by atoms with van der Waals surface area (Å²) in [6.07, 6.45) is -4.65. The van der Waals surface area contributed by atoms with Crippen molar-refractivity contribution in [1.82, 2.24) is 5.16 Å². The summed E-state index contributed by atoms with van der Waals surface area (Å²) in [7, 11) is 0. The molecule has 0 aliphatic carbocycles. The number of rotatable bonds is 13. The van der Waals surface area contributed by atoms with Gasteiger partial charge in [-0.05, 0) is 80.9 Å². The van der Waals surface area contributed by atoms with Crippen LogP contribution in [0.3, 0.4) is 0 Å². The minimum Gasteiger partial charge on any atom is -0.454 e. The molecule has 16 nitrogen and oxygen atoms in total. The minimum absolute atomic E-state index is 0.265. The third-order valence-corrected chi connectivity index (χ3v) is 17.6. The maximum absolute atomic E-state index is 14.2. The van der Waals surface area contributed by atoms with Crippen molar-refractivity contribution < 1.29 is 88.2 Å². The lowest BCUT2D eigenvalue weighted by Gasteiger charge is -2.48. The number of hydrogen-bond acceptors (Lipinski definition) is 15. The van der Waals surface area contributed by atoms with Crippen molar-refractivity contribution in [3.8, 4) is 11.3 Å². The topological polar surface area (TPSA) is 224 Å². The first-order valence-corrected chi connectivity index (χ1v) is 30.6. The van der Waals surface area contributed by atoms with E-state index >= 15 is 0 Å². The van der Waals surface area contributed by atoms with Gasteiger partial charge in [-0.1, -0.05) is 242 Å². The number of aromatic amines is 1. The Morgan fingerprint density at radius 1 is 0.410 bits per heavy atom. The molecule has 0 bridgehead atoms. The van der Waals surface area contributed by atoms with E-state index < -0.39 is 110 Å². The van der Waals surface area contributed by atoms with Gasteiger partial charge in [-0.15, -0.1) is 0 Å². The van der Waals surface area contributed by atoms with Gasteiger partial charge in [0.05, 0.1) is 39.1 Å². The number of ether oxygens (including phenoxy) is 4. The number of H-pyrrole nitrogens is 1. The summed E-state index contributed by atoms with van der Waals surface area (Å²) < 4.78 is 110. The highest BCUT2D eigenvalue weighted by Crippen LogP contribution is 2.59. The maximum atomic E-state index is 14.2. The zero-order chi connectivity index (χ0) is 70.1. The molecule has 2 atom stereocenters. The fourth-order valence-electron chi connectivity index (χ4n) is 12.9. The summed E-state index contributed by atoms with van der Waals surface area (Å²) in [5.74, 6) is -6.26. The van der Waals surface area contributed by atoms with Crippen LogP contribution in [0, 0.1) is 0 Å². The van der Waals surface area contributed by atoms with E-state index in [1.165, 1.54) is 0 Å². The van der Waals surface area contributed by atoms with Gasteiger partial charge in [0.1, 0.15) is 5.71 Å². The van der Waals surface area contributed by atoms with Gasteiger partial charge in [-0.3, -0.25) is 9.59 Å². The zero-order valence-corrected chi connectivity index (χ0v) is 51.6. The number of allylic oxidation sites excluding steroid dienone is 4. The second-order valence-corrected chi connectivity index (χ2v) is 23.1. The molecular formula is C78H48F6N2O14. The van der Waals surface area contributed by atoms with Gasteiger partial charge in [0.25, 0.3) is 0 Å². The van der Waals surface area contributed by atoms with Crippen LogP contribution in [0.25, 0.3) is 17.3 Å². The van der Waals surface area contributed by atoms with Crippen LogP contribution in [0.2, 0.25) is 0 Å². The largest absolute Gasteiger partial charge is 0.454 e. The van der Waals surface area contributed by atoms with Crippen LogP contribution in [0.5, 0.6) is 0 Å². The van der Waals surface area contributed by atoms with Gasteiger partial charge in [-0.2, -0.15) is 26.3 Å². The van der Waals surface area contributed by atoms with Gasteiger partial charge < -0.3 is 28.3 Å². The Kier molecular flexibility index (Phi) is 17.3. The van der Waals surface area contributed by atoms with E-state index in [9.17, 15) is 64.7 Å². The molecule has 15 rings (SSSR count). The molecule has 5 aliphatic rings. The molecule has 22 heteroatoms. The van der Waals surface area contributed by atoms with Gasteiger partial charge >= 0.3 is 59.8 Å². The predicted octanol–water partition coefficient (Wildman–Crippen LogP) is 14.7. The molecule has 496 valence electrons. The first-order chi connectivity index (χ1) is 48.2. The van der Waals surface area contributed by atoms with Crippen LogP contribution < -0.4 is 5.63 Å². The molecule has 1 N–H and O–H groups in total. The number of oxime groups is 1. The number of hydrogen-bond donors (Lipinski definition) is 1. The average Bonchev–Trinajstić information content (AvgIpc) is 1.06. The van der Waals surface area contributed by atoms with Crippen LogP contribution in [-0.4, -0.2) is 65.0 Å². The molecule has 2 fully saturated rings. The van der Waals surface area contributed by atoms with Crippen molar-refractivity contribution in [3.05, 3.63) is 361 Å². The summed E-state index contributed by atoms with van der Waals surface area (Å²) >= 11 is 0. The van der Waals surface area contributed by atoms with E-state index in [-0.39, 0.29) is 24.1 Å². The summed E-state index contributed by atoms with van der Waals surface area (Å²) in [4.78, 5) is 102. The second-order valence-electron chi connectivity index (χ2n) is 23.1. The van der Waals surface area contributed by atoms with Crippen LogP contribution in [0.1, 0.15) is 109 Å². The van der Waals surface area contributed by atoms with Crippen molar-refractivity contribution in [1.29, 1.82) is 0 Å². The van der Waals surface area contributed by atoms with E-state index in [1.807, 2.05) is 206 Å². The Balaban J connectivity index is 0.000000137. The Morgan fingerprint density at radius 3 is 1.18 bits per heavy atom. The third-order valence-electron chi connectivity index (χ3n) is 17.6. The fourth-order valence-corrected chi connectivity index (χ4v) is 12.9. The maximum Gasteiger partial charge on any atom is 0.411 e. The highest BCUT2D eigenvalue weighted by molar-refractivity contribution is 6.29. The number of cyclic esters (lactones) is 6. The molecule has 9 aromatic carbocycles. The number of fused-ring (bicyclic) bond motifs is 2. The van der Waals surface area contributed by atoms with Crippen molar-refractivity contribution in [2.24, 2.45) is 5.16 Å². The number of alkyl halides is 6. The average molecular weight is 1350 g/mol. The van der Waals surface area contributed by atoms with Gasteiger partial charge in [-0.25, -0.2) is 33.9 Å². The molecule has 1 aromatic heterocycles. The number of benzene rings is 9. The third kappa shape index (κ3) is 11.3. The number of nitrogens with zero attached hydrogens (tertiary/aromatic N) is 1. The quantitative estimate of drug-likeness (QED) is 0.0216. The monoisotopic (exact) mass is 1350 g/mol. The highest BCUT2D eigenvalue weighted by Gasteiger charge is 2.73. The molecule has 0 spiro atoms. The standard InChI is InChI=1S/C36H26O4.C23H16N2O4.C19H6F6O6/c37-33-35(27-13-5-1-6-14-27,28-15-7-2-8-16-28)31(39-33)25-21-23-26(24-22-25)32-36(34(38)40-32,29-17-9-3-10-18-29)30-19-11-4-12-20-30;26-22-18(20(24-28-22)16-10-4-1-5-11-16)14-8-3-9-15-19-21(25-29-23(19)27)17-12-6-2-7-13-17;20-18(21,22)17(19(23,24)25,7-1-3-9-11(5-7)15(28)30-13(9)26)8-2-4-10-12(6-8)16(29)31-14(10)27/h1-24,31-32H;1-15,24H;1-6H/b;9-3+,14-8-,19-15-;. The molecular weight excluding hydrogens is 1300 g/mol.